The fraction of sp³-hybridized carbons (Fsp3) is 0.200. The Hall–Kier alpha value is -2.13. The molecule has 0 saturated heterocycles. The summed E-state index contributed by atoms with van der Waals surface area (Å²) in [7, 11) is -4.49. The van der Waals surface area contributed by atoms with E-state index in [1.807, 2.05) is 0 Å². The van der Waals surface area contributed by atoms with Gasteiger partial charge in [0.2, 0.25) is 5.91 Å². The lowest BCUT2D eigenvalue weighted by atomic mass is 10.2. The van der Waals surface area contributed by atoms with Crippen molar-refractivity contribution in [2.45, 2.75) is 11.8 Å². The first kappa shape index (κ1) is 14.9. The van der Waals surface area contributed by atoms with E-state index in [-0.39, 0.29) is 17.3 Å². The lowest BCUT2D eigenvalue weighted by Gasteiger charge is -2.11. The molecule has 0 aliphatic rings. The first-order valence-electron chi connectivity index (χ1n) is 5.05. The highest BCUT2D eigenvalue weighted by Gasteiger charge is 2.16. The van der Waals surface area contributed by atoms with Gasteiger partial charge in [0.05, 0.1) is 5.69 Å². The van der Waals surface area contributed by atoms with E-state index in [0.29, 0.717) is 0 Å². The third-order valence-corrected chi connectivity index (χ3v) is 2.92. The molecule has 0 spiro atoms. The maximum Gasteiger partial charge on any atom is 0.322 e. The van der Waals surface area contributed by atoms with E-state index in [4.69, 9.17) is 9.66 Å². The standard InChI is InChI=1S/C10H12N2O6S/c1-6(13)12-7-2-3-9(19(16,17)18)8(4-7)11-5-10(14)15/h2-4,11H,5H2,1H3,(H,12,13)(H,14,15)(H,16,17,18). The van der Waals surface area contributed by atoms with E-state index in [1.165, 1.54) is 19.1 Å². The molecule has 1 rings (SSSR count). The second-order valence-electron chi connectivity index (χ2n) is 3.61. The summed E-state index contributed by atoms with van der Waals surface area (Å²) < 4.78 is 31.2. The van der Waals surface area contributed by atoms with Crippen molar-refractivity contribution in [2.75, 3.05) is 17.2 Å². The third-order valence-electron chi connectivity index (χ3n) is 2.01. The Kier molecular flexibility index (Phi) is 4.46. The molecule has 9 heteroatoms. The van der Waals surface area contributed by atoms with Crippen molar-refractivity contribution in [3.05, 3.63) is 18.2 Å². The minimum Gasteiger partial charge on any atom is -0.480 e. The van der Waals surface area contributed by atoms with Gasteiger partial charge in [-0.15, -0.1) is 0 Å². The molecule has 19 heavy (non-hydrogen) atoms. The Balaban J connectivity index is 3.18. The van der Waals surface area contributed by atoms with Gasteiger partial charge < -0.3 is 15.7 Å². The normalized spacial score (nSPS) is 10.8. The van der Waals surface area contributed by atoms with Gasteiger partial charge in [0.1, 0.15) is 11.4 Å². The maximum atomic E-state index is 11.1. The first-order valence-corrected chi connectivity index (χ1v) is 6.49. The number of carbonyl (C=O) groups is 2. The second kappa shape index (κ2) is 5.67. The van der Waals surface area contributed by atoms with Crippen molar-refractivity contribution < 1.29 is 27.7 Å². The van der Waals surface area contributed by atoms with E-state index < -0.39 is 27.5 Å². The van der Waals surface area contributed by atoms with Crippen molar-refractivity contribution in [1.82, 2.24) is 0 Å². The number of carboxylic acid groups (broad SMARTS) is 1. The monoisotopic (exact) mass is 288 g/mol. The highest BCUT2D eigenvalue weighted by Crippen LogP contribution is 2.25. The van der Waals surface area contributed by atoms with E-state index in [2.05, 4.69) is 10.6 Å². The van der Waals surface area contributed by atoms with E-state index in [9.17, 15) is 18.0 Å². The third kappa shape index (κ3) is 4.56. The summed E-state index contributed by atoms with van der Waals surface area (Å²) in [5.41, 5.74) is 0.156. The zero-order valence-electron chi connectivity index (χ0n) is 9.87. The van der Waals surface area contributed by atoms with Gasteiger partial charge in [-0.05, 0) is 18.2 Å². The summed E-state index contributed by atoms with van der Waals surface area (Å²) in [4.78, 5) is 20.9. The van der Waals surface area contributed by atoms with Crippen molar-refractivity contribution in [2.24, 2.45) is 0 Å². The summed E-state index contributed by atoms with van der Waals surface area (Å²) in [5.74, 6) is -1.57. The number of carbonyl (C=O) groups excluding carboxylic acids is 1. The molecule has 1 aromatic rings. The van der Waals surface area contributed by atoms with Crippen LogP contribution in [0.15, 0.2) is 23.1 Å². The van der Waals surface area contributed by atoms with Gasteiger partial charge in [0, 0.05) is 12.6 Å². The highest BCUT2D eigenvalue weighted by molar-refractivity contribution is 7.86. The minimum atomic E-state index is -4.49. The van der Waals surface area contributed by atoms with Crippen molar-refractivity contribution in [3.8, 4) is 0 Å². The van der Waals surface area contributed by atoms with Gasteiger partial charge in [0.15, 0.2) is 0 Å². The first-order chi connectivity index (χ1) is 8.70. The molecule has 0 bridgehead atoms. The lowest BCUT2D eigenvalue weighted by Crippen LogP contribution is -2.15. The number of nitrogens with one attached hydrogen (secondary N) is 2. The number of amides is 1. The molecule has 0 aliphatic heterocycles. The zero-order valence-corrected chi connectivity index (χ0v) is 10.7. The molecule has 0 aliphatic carbocycles. The number of carboxylic acids is 1. The quantitative estimate of drug-likeness (QED) is 0.576. The molecule has 0 unspecified atom stereocenters. The second-order valence-corrected chi connectivity index (χ2v) is 5.00. The average molecular weight is 288 g/mol. The smallest absolute Gasteiger partial charge is 0.322 e. The van der Waals surface area contributed by atoms with Crippen LogP contribution in [0.2, 0.25) is 0 Å². The van der Waals surface area contributed by atoms with Gasteiger partial charge >= 0.3 is 5.97 Å². The van der Waals surface area contributed by atoms with Crippen LogP contribution in [-0.4, -0.2) is 36.5 Å². The van der Waals surface area contributed by atoms with Crippen LogP contribution >= 0.6 is 0 Å². The molecule has 0 radical (unpaired) electrons. The number of benzene rings is 1. The van der Waals surface area contributed by atoms with E-state index in [0.717, 1.165) is 6.07 Å². The van der Waals surface area contributed by atoms with Crippen molar-refractivity contribution in [1.29, 1.82) is 0 Å². The van der Waals surface area contributed by atoms with Crippen molar-refractivity contribution in [3.63, 3.8) is 0 Å². The molecule has 0 heterocycles. The van der Waals surface area contributed by atoms with Crippen LogP contribution in [0.3, 0.4) is 0 Å². The van der Waals surface area contributed by atoms with Gasteiger partial charge in [0.25, 0.3) is 10.1 Å². The molecule has 0 atom stereocenters. The Bertz CT molecular complexity index is 610. The van der Waals surface area contributed by atoms with Crippen LogP contribution in [0.4, 0.5) is 11.4 Å². The predicted octanol–water partition coefficient (Wildman–Crippen LogP) is 0.388. The zero-order chi connectivity index (χ0) is 14.6. The van der Waals surface area contributed by atoms with Crippen LogP contribution in [0.25, 0.3) is 0 Å². The highest BCUT2D eigenvalue weighted by atomic mass is 32.2. The Morgan fingerprint density at radius 3 is 2.42 bits per heavy atom. The molecule has 8 nitrogen and oxygen atoms in total. The predicted molar refractivity (Wildman–Crippen MR) is 66.7 cm³/mol. The SMILES string of the molecule is CC(=O)Nc1ccc(S(=O)(=O)O)c(NCC(=O)O)c1. The van der Waals surface area contributed by atoms with Gasteiger partial charge in [-0.25, -0.2) is 0 Å². The van der Waals surface area contributed by atoms with E-state index >= 15 is 0 Å². The Morgan fingerprint density at radius 2 is 1.95 bits per heavy atom. The fourth-order valence-electron chi connectivity index (χ4n) is 1.34. The molecule has 0 fully saturated rings. The Morgan fingerprint density at radius 1 is 1.32 bits per heavy atom. The molecule has 4 N–H and O–H groups in total. The number of hydrogen-bond acceptors (Lipinski definition) is 5. The summed E-state index contributed by atoms with van der Waals surface area (Å²) in [6, 6.07) is 3.55. The van der Waals surface area contributed by atoms with Crippen LogP contribution in [0.5, 0.6) is 0 Å². The lowest BCUT2D eigenvalue weighted by molar-refractivity contribution is -0.135. The largest absolute Gasteiger partial charge is 0.480 e. The maximum absolute atomic E-state index is 11.1. The molecule has 0 aromatic heterocycles. The molecular formula is C10H12N2O6S. The minimum absolute atomic E-state index is 0.115. The molecular weight excluding hydrogens is 276 g/mol. The number of aliphatic carboxylic acids is 1. The van der Waals surface area contributed by atoms with Crippen LogP contribution < -0.4 is 10.6 Å². The summed E-state index contributed by atoms with van der Waals surface area (Å²) in [6.07, 6.45) is 0. The fourth-order valence-corrected chi connectivity index (χ4v) is 1.99. The number of hydrogen-bond donors (Lipinski definition) is 4. The van der Waals surface area contributed by atoms with Crippen molar-refractivity contribution >= 4 is 33.4 Å². The van der Waals surface area contributed by atoms with Gasteiger partial charge in [-0.1, -0.05) is 0 Å². The van der Waals surface area contributed by atoms with Crippen LogP contribution in [-0.2, 0) is 19.7 Å². The summed E-state index contributed by atoms with van der Waals surface area (Å²) in [5, 5.41) is 13.3. The van der Waals surface area contributed by atoms with E-state index in [1.54, 1.807) is 0 Å². The average Bonchev–Trinajstić information content (AvgIpc) is 2.24. The molecule has 1 aromatic carbocycles. The molecule has 104 valence electrons. The topological polar surface area (TPSA) is 133 Å². The number of anilines is 2. The molecule has 1 amide bonds. The number of rotatable bonds is 5. The summed E-state index contributed by atoms with van der Waals surface area (Å²) >= 11 is 0. The Labute approximate surface area is 109 Å². The van der Waals surface area contributed by atoms with Crippen LogP contribution in [0.1, 0.15) is 6.92 Å². The van der Waals surface area contributed by atoms with Gasteiger partial charge in [-0.2, -0.15) is 8.42 Å². The van der Waals surface area contributed by atoms with Gasteiger partial charge in [-0.3, -0.25) is 14.1 Å². The van der Waals surface area contributed by atoms with Crippen LogP contribution in [0, 0.1) is 0 Å². The summed E-state index contributed by atoms with van der Waals surface area (Å²) in [6.45, 7) is 0.729. The molecule has 0 saturated carbocycles.